The first-order valence-corrected chi connectivity index (χ1v) is 9.04. The molecule has 0 saturated carbocycles. The lowest BCUT2D eigenvalue weighted by atomic mass is 9.77. The van der Waals surface area contributed by atoms with Crippen molar-refractivity contribution in [3.63, 3.8) is 0 Å². The summed E-state index contributed by atoms with van der Waals surface area (Å²) < 4.78 is 0. The Labute approximate surface area is 140 Å². The highest BCUT2D eigenvalue weighted by Gasteiger charge is 2.42. The van der Waals surface area contributed by atoms with Crippen molar-refractivity contribution in [2.24, 2.45) is 5.41 Å². The molecule has 2 saturated heterocycles. The van der Waals surface area contributed by atoms with Crippen LogP contribution in [0.25, 0.3) is 0 Å². The molecule has 4 rings (SSSR count). The lowest BCUT2D eigenvalue weighted by molar-refractivity contribution is 0.0610. The summed E-state index contributed by atoms with van der Waals surface area (Å²) in [6.45, 7) is 3.75. The molecule has 2 aliphatic rings. The maximum absolute atomic E-state index is 12.5. The van der Waals surface area contributed by atoms with Crippen LogP contribution >= 0.6 is 11.3 Å². The van der Waals surface area contributed by atoms with E-state index < -0.39 is 0 Å². The van der Waals surface area contributed by atoms with Crippen LogP contribution < -0.4 is 4.90 Å². The van der Waals surface area contributed by atoms with Crippen LogP contribution in [0.3, 0.4) is 0 Å². The van der Waals surface area contributed by atoms with Gasteiger partial charge < -0.3 is 9.80 Å². The van der Waals surface area contributed by atoms with Gasteiger partial charge in [-0.25, -0.2) is 9.97 Å². The maximum Gasteiger partial charge on any atom is 0.254 e. The molecule has 2 aliphatic heterocycles. The van der Waals surface area contributed by atoms with Crippen LogP contribution in [0.4, 0.5) is 5.95 Å². The summed E-state index contributed by atoms with van der Waals surface area (Å²) >= 11 is 1.58. The Morgan fingerprint density at radius 2 is 1.87 bits per heavy atom. The molecule has 0 unspecified atom stereocenters. The molecule has 4 heterocycles. The highest BCUT2D eigenvalue weighted by Crippen LogP contribution is 2.41. The number of rotatable bonds is 2. The number of aromatic nitrogens is 2. The molecule has 2 aromatic heterocycles. The van der Waals surface area contributed by atoms with Gasteiger partial charge in [0.1, 0.15) is 0 Å². The molecule has 0 atom stereocenters. The van der Waals surface area contributed by atoms with Crippen molar-refractivity contribution in [2.45, 2.75) is 19.3 Å². The van der Waals surface area contributed by atoms with Gasteiger partial charge in [-0.05, 0) is 42.2 Å². The fraction of sp³-hybridized carbons (Fsp3) is 0.471. The van der Waals surface area contributed by atoms with E-state index in [-0.39, 0.29) is 5.91 Å². The van der Waals surface area contributed by atoms with Crippen LogP contribution in [0.5, 0.6) is 0 Å². The molecule has 0 bridgehead atoms. The monoisotopic (exact) mass is 328 g/mol. The topological polar surface area (TPSA) is 49.3 Å². The number of piperidine rings is 1. The summed E-state index contributed by atoms with van der Waals surface area (Å²) in [7, 11) is 0. The standard InChI is InChI=1S/C17H20N4OS/c22-15(14-2-11-23-12-14)20-8-3-17(4-9-20)5-10-21(13-17)16-18-6-1-7-19-16/h1-2,6-7,11-12H,3-5,8-10,13H2. The first kappa shape index (κ1) is 14.6. The Morgan fingerprint density at radius 1 is 1.13 bits per heavy atom. The summed E-state index contributed by atoms with van der Waals surface area (Å²) in [5.41, 5.74) is 1.15. The van der Waals surface area contributed by atoms with Gasteiger partial charge in [-0.15, -0.1) is 0 Å². The van der Waals surface area contributed by atoms with E-state index in [1.165, 1.54) is 6.42 Å². The van der Waals surface area contributed by atoms with Crippen LogP contribution in [0.1, 0.15) is 29.6 Å². The van der Waals surface area contributed by atoms with Crippen LogP contribution in [0.2, 0.25) is 0 Å². The molecule has 1 amide bonds. The predicted molar refractivity (Wildman–Crippen MR) is 90.8 cm³/mol. The van der Waals surface area contributed by atoms with E-state index in [0.29, 0.717) is 5.41 Å². The molecule has 0 aromatic carbocycles. The molecular formula is C17H20N4OS. The largest absolute Gasteiger partial charge is 0.340 e. The normalized spacial score (nSPS) is 20.2. The minimum atomic E-state index is 0.183. The SMILES string of the molecule is O=C(c1ccsc1)N1CCC2(CC1)CCN(c1ncccn1)C2. The third kappa shape index (κ3) is 2.83. The van der Waals surface area contributed by atoms with Gasteiger partial charge in [0.15, 0.2) is 0 Å². The molecular weight excluding hydrogens is 308 g/mol. The number of carbonyl (C=O) groups excluding carboxylic acids is 1. The van der Waals surface area contributed by atoms with Gasteiger partial charge in [0.2, 0.25) is 5.95 Å². The van der Waals surface area contributed by atoms with Crippen molar-refractivity contribution in [3.8, 4) is 0 Å². The molecule has 1 spiro atoms. The average molecular weight is 328 g/mol. The molecule has 2 aromatic rings. The summed E-state index contributed by atoms with van der Waals surface area (Å²) in [5, 5.41) is 3.91. The van der Waals surface area contributed by atoms with Gasteiger partial charge in [-0.2, -0.15) is 11.3 Å². The quantitative estimate of drug-likeness (QED) is 0.850. The minimum Gasteiger partial charge on any atom is -0.340 e. The first-order chi connectivity index (χ1) is 11.3. The van der Waals surface area contributed by atoms with E-state index in [0.717, 1.165) is 50.5 Å². The van der Waals surface area contributed by atoms with Crippen molar-refractivity contribution in [3.05, 3.63) is 40.8 Å². The molecule has 5 nitrogen and oxygen atoms in total. The number of hydrogen-bond acceptors (Lipinski definition) is 5. The highest BCUT2D eigenvalue weighted by molar-refractivity contribution is 7.08. The number of hydrogen-bond donors (Lipinski definition) is 0. The molecule has 6 heteroatoms. The maximum atomic E-state index is 12.5. The number of thiophene rings is 1. The smallest absolute Gasteiger partial charge is 0.254 e. The number of amides is 1. The first-order valence-electron chi connectivity index (χ1n) is 8.09. The van der Waals surface area contributed by atoms with Gasteiger partial charge >= 0.3 is 0 Å². The Kier molecular flexibility index (Phi) is 3.77. The van der Waals surface area contributed by atoms with Crippen LogP contribution in [-0.2, 0) is 0 Å². The molecule has 23 heavy (non-hydrogen) atoms. The van der Waals surface area contributed by atoms with Crippen LogP contribution in [0.15, 0.2) is 35.3 Å². The molecule has 2 fully saturated rings. The zero-order chi connectivity index (χ0) is 15.7. The second kappa shape index (κ2) is 5.92. The fourth-order valence-corrected chi connectivity index (χ4v) is 4.35. The van der Waals surface area contributed by atoms with E-state index in [4.69, 9.17) is 0 Å². The number of carbonyl (C=O) groups is 1. The van der Waals surface area contributed by atoms with Gasteiger partial charge in [-0.3, -0.25) is 4.79 Å². The Balaban J connectivity index is 1.39. The van der Waals surface area contributed by atoms with Crippen molar-refractivity contribution in [2.75, 3.05) is 31.1 Å². The second-order valence-corrected chi connectivity index (χ2v) is 7.30. The summed E-state index contributed by atoms with van der Waals surface area (Å²) in [6.07, 6.45) is 6.93. The third-order valence-corrected chi connectivity index (χ3v) is 5.84. The van der Waals surface area contributed by atoms with Gasteiger partial charge in [-0.1, -0.05) is 0 Å². The zero-order valence-electron chi connectivity index (χ0n) is 13.0. The fourth-order valence-electron chi connectivity index (χ4n) is 3.72. The summed E-state index contributed by atoms with van der Waals surface area (Å²) in [5.74, 6) is 1.02. The molecule has 120 valence electrons. The molecule has 0 radical (unpaired) electrons. The lowest BCUT2D eigenvalue weighted by Crippen LogP contribution is -2.44. The van der Waals surface area contributed by atoms with Gasteiger partial charge in [0.25, 0.3) is 5.91 Å². The van der Waals surface area contributed by atoms with Crippen molar-refractivity contribution < 1.29 is 4.79 Å². The van der Waals surface area contributed by atoms with E-state index >= 15 is 0 Å². The molecule has 0 aliphatic carbocycles. The van der Waals surface area contributed by atoms with Crippen LogP contribution in [-0.4, -0.2) is 47.0 Å². The van der Waals surface area contributed by atoms with Crippen molar-refractivity contribution >= 4 is 23.2 Å². The third-order valence-electron chi connectivity index (χ3n) is 5.15. The highest BCUT2D eigenvalue weighted by atomic mass is 32.1. The zero-order valence-corrected chi connectivity index (χ0v) is 13.8. The number of nitrogens with zero attached hydrogens (tertiary/aromatic N) is 4. The van der Waals surface area contributed by atoms with Crippen molar-refractivity contribution in [1.82, 2.24) is 14.9 Å². The Bertz CT molecular complexity index is 665. The minimum absolute atomic E-state index is 0.183. The lowest BCUT2D eigenvalue weighted by Gasteiger charge is -2.39. The number of likely N-dealkylation sites (tertiary alicyclic amines) is 1. The van der Waals surface area contributed by atoms with Crippen molar-refractivity contribution in [1.29, 1.82) is 0 Å². The second-order valence-electron chi connectivity index (χ2n) is 6.52. The average Bonchev–Trinajstić information content (AvgIpc) is 3.26. The van der Waals surface area contributed by atoms with E-state index in [2.05, 4.69) is 14.9 Å². The van der Waals surface area contributed by atoms with Crippen LogP contribution in [0, 0.1) is 5.41 Å². The van der Waals surface area contributed by atoms with E-state index in [1.807, 2.05) is 27.8 Å². The van der Waals surface area contributed by atoms with Gasteiger partial charge in [0.05, 0.1) is 5.56 Å². The Hall–Kier alpha value is -1.95. The van der Waals surface area contributed by atoms with E-state index in [9.17, 15) is 4.79 Å². The predicted octanol–water partition coefficient (Wildman–Crippen LogP) is 2.67. The summed E-state index contributed by atoms with van der Waals surface area (Å²) in [4.78, 5) is 25.5. The molecule has 0 N–H and O–H groups in total. The Morgan fingerprint density at radius 3 is 2.57 bits per heavy atom. The van der Waals surface area contributed by atoms with Gasteiger partial charge in [0, 0.05) is 44.0 Å². The summed E-state index contributed by atoms with van der Waals surface area (Å²) in [6, 6.07) is 3.77. The number of anilines is 1. The van der Waals surface area contributed by atoms with E-state index in [1.54, 1.807) is 23.7 Å².